The highest BCUT2D eigenvalue weighted by atomic mass is 79.9. The molecule has 0 bridgehead atoms. The molecule has 4 aromatic rings. The van der Waals surface area contributed by atoms with Crippen molar-refractivity contribution in [3.8, 4) is 0 Å². The molecule has 0 aliphatic carbocycles. The minimum absolute atomic E-state index is 0.230. The van der Waals surface area contributed by atoms with Crippen molar-refractivity contribution < 1.29 is 4.79 Å². The van der Waals surface area contributed by atoms with Crippen molar-refractivity contribution >= 4 is 50.9 Å². The van der Waals surface area contributed by atoms with Crippen LogP contribution in [0.1, 0.15) is 32.9 Å². The predicted molar refractivity (Wildman–Crippen MR) is 131 cm³/mol. The van der Waals surface area contributed by atoms with E-state index >= 15 is 0 Å². The number of benzene rings is 2. The van der Waals surface area contributed by atoms with Crippen LogP contribution in [0.25, 0.3) is 0 Å². The smallest absolute Gasteiger partial charge is 0.256 e. The van der Waals surface area contributed by atoms with Crippen LogP contribution in [0.5, 0.6) is 0 Å². The van der Waals surface area contributed by atoms with E-state index in [-0.39, 0.29) is 5.91 Å². The lowest BCUT2D eigenvalue weighted by atomic mass is 10.1. The predicted octanol–water partition coefficient (Wildman–Crippen LogP) is 6.11. The summed E-state index contributed by atoms with van der Waals surface area (Å²) in [6.07, 6.45) is 1.77. The molecular formula is C23H20BrCl2N5O. The van der Waals surface area contributed by atoms with Crippen LogP contribution < -0.4 is 5.32 Å². The standard InChI is InChI=1S/C23H20BrCl2N5O/c1-14-22(24)15(2)31(28-14)12-16-6-8-17(9-7-16)23(32)27-21-10-11-30(29-21)13-18-19(25)4-3-5-20(18)26/h3-11H,12-13H2,1-2H3,(H,27,29,32). The fraction of sp³-hybridized carbons (Fsp3) is 0.174. The van der Waals surface area contributed by atoms with E-state index in [0.29, 0.717) is 34.5 Å². The average molecular weight is 533 g/mol. The Morgan fingerprint density at radius 3 is 2.31 bits per heavy atom. The number of hydrogen-bond donors (Lipinski definition) is 1. The number of carbonyl (C=O) groups excluding carboxylic acids is 1. The van der Waals surface area contributed by atoms with E-state index in [4.69, 9.17) is 23.2 Å². The summed E-state index contributed by atoms with van der Waals surface area (Å²) >= 11 is 16.0. The first-order valence-corrected chi connectivity index (χ1v) is 11.4. The van der Waals surface area contributed by atoms with Gasteiger partial charge in [-0.15, -0.1) is 0 Å². The third-order valence-electron chi connectivity index (χ3n) is 5.11. The van der Waals surface area contributed by atoms with E-state index in [1.807, 2.05) is 30.7 Å². The van der Waals surface area contributed by atoms with Crippen molar-refractivity contribution in [3.05, 3.63) is 97.3 Å². The molecule has 0 aliphatic rings. The number of carbonyl (C=O) groups is 1. The fourth-order valence-electron chi connectivity index (χ4n) is 3.31. The lowest BCUT2D eigenvalue weighted by molar-refractivity contribution is 0.102. The molecule has 0 spiro atoms. The monoisotopic (exact) mass is 531 g/mol. The van der Waals surface area contributed by atoms with E-state index in [0.717, 1.165) is 27.0 Å². The summed E-state index contributed by atoms with van der Waals surface area (Å²) in [5.74, 6) is 0.223. The van der Waals surface area contributed by atoms with Gasteiger partial charge in [0.1, 0.15) is 0 Å². The summed E-state index contributed by atoms with van der Waals surface area (Å²) in [6, 6.07) is 14.5. The van der Waals surface area contributed by atoms with E-state index in [1.54, 1.807) is 47.3 Å². The van der Waals surface area contributed by atoms with Crippen LogP contribution in [0.3, 0.4) is 0 Å². The molecule has 1 amide bonds. The highest BCUT2D eigenvalue weighted by Gasteiger charge is 2.12. The average Bonchev–Trinajstić information content (AvgIpc) is 3.31. The van der Waals surface area contributed by atoms with Gasteiger partial charge in [-0.25, -0.2) is 0 Å². The topological polar surface area (TPSA) is 64.7 Å². The molecule has 32 heavy (non-hydrogen) atoms. The zero-order valence-corrected chi connectivity index (χ0v) is 20.5. The zero-order valence-electron chi connectivity index (χ0n) is 17.4. The maximum absolute atomic E-state index is 12.6. The number of hydrogen-bond acceptors (Lipinski definition) is 3. The van der Waals surface area contributed by atoms with Crippen molar-refractivity contribution in [2.24, 2.45) is 0 Å². The summed E-state index contributed by atoms with van der Waals surface area (Å²) in [4.78, 5) is 12.6. The van der Waals surface area contributed by atoms with Gasteiger partial charge in [-0.05, 0) is 59.6 Å². The fourth-order valence-corrected chi connectivity index (χ4v) is 4.11. The van der Waals surface area contributed by atoms with Gasteiger partial charge in [-0.2, -0.15) is 10.2 Å². The van der Waals surface area contributed by atoms with Gasteiger partial charge in [-0.3, -0.25) is 14.2 Å². The molecule has 0 aliphatic heterocycles. The quantitative estimate of drug-likeness (QED) is 0.325. The molecule has 0 unspecified atom stereocenters. The molecule has 1 N–H and O–H groups in total. The first kappa shape index (κ1) is 22.6. The van der Waals surface area contributed by atoms with Crippen LogP contribution in [-0.2, 0) is 13.1 Å². The normalized spacial score (nSPS) is 11.0. The number of amides is 1. The Morgan fingerprint density at radius 2 is 1.69 bits per heavy atom. The van der Waals surface area contributed by atoms with Crippen LogP contribution in [0.4, 0.5) is 5.82 Å². The molecule has 0 radical (unpaired) electrons. The molecule has 0 fully saturated rings. The highest BCUT2D eigenvalue weighted by molar-refractivity contribution is 9.10. The molecule has 0 saturated carbocycles. The second kappa shape index (κ2) is 9.48. The molecule has 2 heterocycles. The Kier molecular flexibility index (Phi) is 6.69. The maximum Gasteiger partial charge on any atom is 0.256 e. The van der Waals surface area contributed by atoms with E-state index in [9.17, 15) is 4.79 Å². The minimum atomic E-state index is -0.230. The molecule has 164 valence electrons. The third kappa shape index (κ3) is 4.90. The zero-order chi connectivity index (χ0) is 22.8. The van der Waals surface area contributed by atoms with Gasteiger partial charge >= 0.3 is 0 Å². The summed E-state index contributed by atoms with van der Waals surface area (Å²) in [7, 11) is 0. The number of anilines is 1. The molecule has 2 aromatic carbocycles. The number of aryl methyl sites for hydroxylation is 1. The molecule has 4 rings (SSSR count). The lowest BCUT2D eigenvalue weighted by Gasteiger charge is -2.07. The second-order valence-corrected chi connectivity index (χ2v) is 9.00. The third-order valence-corrected chi connectivity index (χ3v) is 6.96. The second-order valence-electron chi connectivity index (χ2n) is 7.39. The largest absolute Gasteiger partial charge is 0.305 e. The Hall–Kier alpha value is -2.61. The summed E-state index contributed by atoms with van der Waals surface area (Å²) in [5, 5.41) is 12.9. The van der Waals surface area contributed by atoms with Crippen molar-refractivity contribution in [3.63, 3.8) is 0 Å². The van der Waals surface area contributed by atoms with Gasteiger partial charge in [0, 0.05) is 33.4 Å². The van der Waals surface area contributed by atoms with Gasteiger partial charge in [0.25, 0.3) is 5.91 Å². The summed E-state index contributed by atoms with van der Waals surface area (Å²) in [6.45, 7) is 5.02. The SMILES string of the molecule is Cc1nn(Cc2ccc(C(=O)Nc3ccn(Cc4c(Cl)cccc4Cl)n3)cc2)c(C)c1Br. The van der Waals surface area contributed by atoms with Crippen molar-refractivity contribution in [2.75, 3.05) is 5.32 Å². The van der Waals surface area contributed by atoms with Crippen LogP contribution >= 0.6 is 39.1 Å². The molecule has 0 atom stereocenters. The van der Waals surface area contributed by atoms with Gasteiger partial charge in [0.2, 0.25) is 0 Å². The number of rotatable bonds is 6. The summed E-state index contributed by atoms with van der Waals surface area (Å²) < 4.78 is 4.63. The van der Waals surface area contributed by atoms with Crippen molar-refractivity contribution in [1.29, 1.82) is 0 Å². The van der Waals surface area contributed by atoms with Gasteiger partial charge in [0.05, 0.1) is 29.0 Å². The number of halogens is 3. The molecule has 0 saturated heterocycles. The van der Waals surface area contributed by atoms with E-state index in [2.05, 4.69) is 31.4 Å². The Bertz CT molecular complexity index is 1260. The van der Waals surface area contributed by atoms with Crippen LogP contribution in [0.15, 0.2) is 59.2 Å². The Labute approximate surface area is 204 Å². The van der Waals surface area contributed by atoms with Crippen LogP contribution in [0, 0.1) is 13.8 Å². The first-order chi connectivity index (χ1) is 15.3. The summed E-state index contributed by atoms with van der Waals surface area (Å²) in [5.41, 5.74) is 4.40. The van der Waals surface area contributed by atoms with Gasteiger partial charge < -0.3 is 5.32 Å². The molecule has 6 nitrogen and oxygen atoms in total. The Balaban J connectivity index is 1.40. The highest BCUT2D eigenvalue weighted by Crippen LogP contribution is 2.25. The van der Waals surface area contributed by atoms with Gasteiger partial charge in [-0.1, -0.05) is 41.4 Å². The van der Waals surface area contributed by atoms with Crippen LogP contribution in [0.2, 0.25) is 10.0 Å². The number of nitrogens with one attached hydrogen (secondary N) is 1. The maximum atomic E-state index is 12.6. The Morgan fingerprint density at radius 1 is 1.00 bits per heavy atom. The first-order valence-electron chi connectivity index (χ1n) is 9.88. The van der Waals surface area contributed by atoms with Gasteiger partial charge in [0.15, 0.2) is 5.82 Å². The molecule has 9 heteroatoms. The van der Waals surface area contributed by atoms with E-state index < -0.39 is 0 Å². The van der Waals surface area contributed by atoms with Crippen molar-refractivity contribution in [1.82, 2.24) is 19.6 Å². The molecule has 2 aromatic heterocycles. The molecular weight excluding hydrogens is 513 g/mol. The minimum Gasteiger partial charge on any atom is -0.305 e. The van der Waals surface area contributed by atoms with E-state index in [1.165, 1.54) is 0 Å². The van der Waals surface area contributed by atoms with Crippen molar-refractivity contribution in [2.45, 2.75) is 26.9 Å². The number of aromatic nitrogens is 4. The number of nitrogens with zero attached hydrogens (tertiary/aromatic N) is 4. The lowest BCUT2D eigenvalue weighted by Crippen LogP contribution is -2.13. The van der Waals surface area contributed by atoms with Crippen LogP contribution in [-0.4, -0.2) is 25.5 Å².